The molecule has 0 saturated carbocycles. The van der Waals surface area contributed by atoms with Crippen molar-refractivity contribution in [1.29, 1.82) is 0 Å². The predicted octanol–water partition coefficient (Wildman–Crippen LogP) is 4.23. The summed E-state index contributed by atoms with van der Waals surface area (Å²) in [5.41, 5.74) is 5.02. The monoisotopic (exact) mass is 377 g/mol. The van der Waals surface area contributed by atoms with Gasteiger partial charge in [0, 0.05) is 16.2 Å². The summed E-state index contributed by atoms with van der Waals surface area (Å²) in [7, 11) is 0. The summed E-state index contributed by atoms with van der Waals surface area (Å²) in [6, 6.07) is 18.1. The third-order valence-electron chi connectivity index (χ3n) is 4.33. The van der Waals surface area contributed by atoms with Crippen molar-refractivity contribution < 1.29 is 4.52 Å². The molecule has 0 aliphatic carbocycles. The second-order valence-electron chi connectivity index (χ2n) is 6.38. The summed E-state index contributed by atoms with van der Waals surface area (Å²) >= 11 is 1.20. The Kier molecular flexibility index (Phi) is 4.79. The van der Waals surface area contributed by atoms with Gasteiger partial charge >= 0.3 is 0 Å². The maximum absolute atomic E-state index is 5.55. The molecule has 0 atom stereocenters. The summed E-state index contributed by atoms with van der Waals surface area (Å²) in [6.45, 7) is 4.80. The van der Waals surface area contributed by atoms with Gasteiger partial charge in [-0.3, -0.25) is 9.82 Å². The number of rotatable bonds is 5. The first-order valence-electron chi connectivity index (χ1n) is 8.53. The molecule has 0 radical (unpaired) electrons. The molecule has 2 aromatic heterocycles. The lowest BCUT2D eigenvalue weighted by molar-refractivity contribution is 0.430. The maximum Gasteiger partial charge on any atom is 0.278 e. The van der Waals surface area contributed by atoms with Gasteiger partial charge in [-0.25, -0.2) is 0 Å². The standard InChI is InChI=1S/C20H19N5OS/c1-13-3-5-15(6-4-13)12-25-14(2)11-18(23-25)20-22-19(24-26-20)16-7-9-17(27-21)10-8-16/h3-11H,12,21H2,1-2H3. The Morgan fingerprint density at radius 3 is 2.48 bits per heavy atom. The molecule has 0 saturated heterocycles. The number of aryl methyl sites for hydroxylation is 2. The second kappa shape index (κ2) is 7.38. The predicted molar refractivity (Wildman–Crippen MR) is 106 cm³/mol. The zero-order chi connectivity index (χ0) is 18.8. The quantitative estimate of drug-likeness (QED) is 0.524. The van der Waals surface area contributed by atoms with Crippen LogP contribution >= 0.6 is 11.9 Å². The Balaban J connectivity index is 1.57. The minimum Gasteiger partial charge on any atom is -0.332 e. The van der Waals surface area contributed by atoms with E-state index in [0.717, 1.165) is 16.2 Å². The van der Waals surface area contributed by atoms with Gasteiger partial charge in [0.25, 0.3) is 5.89 Å². The van der Waals surface area contributed by atoms with E-state index in [2.05, 4.69) is 46.4 Å². The third kappa shape index (κ3) is 3.79. The molecule has 27 heavy (non-hydrogen) atoms. The molecule has 2 heterocycles. The van der Waals surface area contributed by atoms with Crippen LogP contribution < -0.4 is 5.14 Å². The number of hydrogen-bond acceptors (Lipinski definition) is 6. The van der Waals surface area contributed by atoms with Gasteiger partial charge in [-0.15, -0.1) is 0 Å². The zero-order valence-corrected chi connectivity index (χ0v) is 15.9. The first-order chi connectivity index (χ1) is 13.1. The highest BCUT2D eigenvalue weighted by Crippen LogP contribution is 2.24. The van der Waals surface area contributed by atoms with E-state index in [1.165, 1.54) is 23.1 Å². The molecule has 0 bridgehead atoms. The highest BCUT2D eigenvalue weighted by Gasteiger charge is 2.15. The first kappa shape index (κ1) is 17.5. The SMILES string of the molecule is Cc1ccc(Cn2nc(-c3nc(-c4ccc(SN)cc4)no3)cc2C)cc1. The van der Waals surface area contributed by atoms with Crippen LogP contribution in [0.15, 0.2) is 64.0 Å². The smallest absolute Gasteiger partial charge is 0.278 e. The average Bonchev–Trinajstić information content (AvgIpc) is 3.31. The number of benzene rings is 2. The first-order valence-corrected chi connectivity index (χ1v) is 9.41. The van der Waals surface area contributed by atoms with Crippen molar-refractivity contribution in [2.75, 3.05) is 0 Å². The van der Waals surface area contributed by atoms with Gasteiger partial charge in [-0.2, -0.15) is 10.1 Å². The van der Waals surface area contributed by atoms with Crippen LogP contribution in [-0.4, -0.2) is 19.9 Å². The van der Waals surface area contributed by atoms with E-state index in [1.54, 1.807) is 0 Å². The molecule has 0 aliphatic heterocycles. The number of nitrogens with zero attached hydrogens (tertiary/aromatic N) is 4. The Bertz CT molecular complexity index is 1050. The fraction of sp³-hybridized carbons (Fsp3) is 0.150. The van der Waals surface area contributed by atoms with Crippen LogP contribution in [0.5, 0.6) is 0 Å². The van der Waals surface area contributed by atoms with E-state index in [1.807, 2.05) is 41.9 Å². The molecule has 4 rings (SSSR count). The van der Waals surface area contributed by atoms with Crippen molar-refractivity contribution >= 4 is 11.9 Å². The molecule has 136 valence electrons. The Labute approximate surface area is 161 Å². The van der Waals surface area contributed by atoms with Gasteiger partial charge in [-0.1, -0.05) is 35.0 Å². The molecule has 6 nitrogen and oxygen atoms in total. The molecule has 0 amide bonds. The maximum atomic E-state index is 5.55. The highest BCUT2D eigenvalue weighted by atomic mass is 32.2. The van der Waals surface area contributed by atoms with Crippen molar-refractivity contribution in [2.45, 2.75) is 25.3 Å². The topological polar surface area (TPSA) is 82.8 Å². The van der Waals surface area contributed by atoms with Gasteiger partial charge in [-0.05, 0) is 61.7 Å². The van der Waals surface area contributed by atoms with E-state index in [-0.39, 0.29) is 0 Å². The van der Waals surface area contributed by atoms with E-state index < -0.39 is 0 Å². The van der Waals surface area contributed by atoms with E-state index in [4.69, 9.17) is 9.66 Å². The van der Waals surface area contributed by atoms with Crippen LogP contribution in [-0.2, 0) is 6.54 Å². The van der Waals surface area contributed by atoms with E-state index >= 15 is 0 Å². The fourth-order valence-corrected chi connectivity index (χ4v) is 3.06. The summed E-state index contributed by atoms with van der Waals surface area (Å²) in [5, 5.41) is 14.3. The van der Waals surface area contributed by atoms with Gasteiger partial charge < -0.3 is 4.52 Å². The van der Waals surface area contributed by atoms with Crippen molar-refractivity contribution in [1.82, 2.24) is 19.9 Å². The Morgan fingerprint density at radius 2 is 1.78 bits per heavy atom. The molecular weight excluding hydrogens is 358 g/mol. The Morgan fingerprint density at radius 1 is 1.04 bits per heavy atom. The molecule has 0 fully saturated rings. The second-order valence-corrected chi connectivity index (χ2v) is 7.09. The average molecular weight is 377 g/mol. The molecule has 4 aromatic rings. The molecule has 2 N–H and O–H groups in total. The molecule has 7 heteroatoms. The normalized spacial score (nSPS) is 11.1. The largest absolute Gasteiger partial charge is 0.332 e. The molecule has 0 unspecified atom stereocenters. The molecular formula is C20H19N5OS. The van der Waals surface area contributed by atoms with E-state index in [0.29, 0.717) is 24.0 Å². The number of aromatic nitrogens is 4. The van der Waals surface area contributed by atoms with Crippen molar-refractivity contribution in [3.05, 3.63) is 71.4 Å². The van der Waals surface area contributed by atoms with Crippen LogP contribution in [0.3, 0.4) is 0 Å². The van der Waals surface area contributed by atoms with Crippen LogP contribution in [0.1, 0.15) is 16.8 Å². The summed E-state index contributed by atoms with van der Waals surface area (Å²) < 4.78 is 7.37. The molecule has 2 aromatic carbocycles. The zero-order valence-electron chi connectivity index (χ0n) is 15.1. The van der Waals surface area contributed by atoms with Crippen LogP contribution in [0.4, 0.5) is 0 Å². The van der Waals surface area contributed by atoms with Gasteiger partial charge in [0.1, 0.15) is 0 Å². The van der Waals surface area contributed by atoms with Gasteiger partial charge in [0.2, 0.25) is 5.82 Å². The number of nitrogens with two attached hydrogens (primary N) is 1. The Hall–Kier alpha value is -2.90. The molecule has 0 spiro atoms. The van der Waals surface area contributed by atoms with Crippen LogP contribution in [0, 0.1) is 13.8 Å². The summed E-state index contributed by atoms with van der Waals surface area (Å²) in [4.78, 5) is 5.47. The third-order valence-corrected chi connectivity index (χ3v) is 4.87. The highest BCUT2D eigenvalue weighted by molar-refractivity contribution is 7.97. The fourth-order valence-electron chi connectivity index (χ4n) is 2.77. The number of hydrogen-bond donors (Lipinski definition) is 1. The van der Waals surface area contributed by atoms with Crippen molar-refractivity contribution in [3.8, 4) is 23.0 Å². The lowest BCUT2D eigenvalue weighted by atomic mass is 10.1. The van der Waals surface area contributed by atoms with Crippen LogP contribution in [0.2, 0.25) is 0 Å². The van der Waals surface area contributed by atoms with E-state index in [9.17, 15) is 0 Å². The minimum absolute atomic E-state index is 0.410. The summed E-state index contributed by atoms with van der Waals surface area (Å²) in [6.07, 6.45) is 0. The molecule has 0 aliphatic rings. The van der Waals surface area contributed by atoms with Crippen molar-refractivity contribution in [2.24, 2.45) is 5.14 Å². The van der Waals surface area contributed by atoms with Gasteiger partial charge in [0.05, 0.1) is 6.54 Å². The lowest BCUT2D eigenvalue weighted by Gasteiger charge is -2.04. The summed E-state index contributed by atoms with van der Waals surface area (Å²) in [5.74, 6) is 0.942. The minimum atomic E-state index is 0.410. The lowest BCUT2D eigenvalue weighted by Crippen LogP contribution is -2.03. The van der Waals surface area contributed by atoms with Crippen molar-refractivity contribution in [3.63, 3.8) is 0 Å². The van der Waals surface area contributed by atoms with Crippen LogP contribution in [0.25, 0.3) is 23.0 Å². The van der Waals surface area contributed by atoms with Gasteiger partial charge in [0.15, 0.2) is 5.69 Å².